The van der Waals surface area contributed by atoms with Crippen LogP contribution in [0.1, 0.15) is 42.9 Å². The highest BCUT2D eigenvalue weighted by atomic mass is 35.5. The molecule has 0 radical (unpaired) electrons. The van der Waals surface area contributed by atoms with Crippen molar-refractivity contribution in [2.45, 2.75) is 38.8 Å². The molecule has 0 bridgehead atoms. The molecule has 0 unspecified atom stereocenters. The molecule has 3 aromatic carbocycles. The van der Waals surface area contributed by atoms with Gasteiger partial charge in [0.25, 0.3) is 0 Å². The molecule has 0 aliphatic rings. The fourth-order valence-electron chi connectivity index (χ4n) is 3.68. The van der Waals surface area contributed by atoms with Crippen molar-refractivity contribution in [1.29, 1.82) is 0 Å². The zero-order valence-corrected chi connectivity index (χ0v) is 18.7. The highest BCUT2D eigenvalue weighted by Crippen LogP contribution is 2.34. The van der Waals surface area contributed by atoms with Gasteiger partial charge in [-0.2, -0.15) is 0 Å². The Balaban J connectivity index is 1.73. The number of hydrogen-bond acceptors (Lipinski definition) is 2. The Morgan fingerprint density at radius 2 is 1.60 bits per heavy atom. The lowest BCUT2D eigenvalue weighted by molar-refractivity contribution is -0.671. The molecule has 3 aromatic rings. The van der Waals surface area contributed by atoms with Gasteiger partial charge in [-0.3, -0.25) is 0 Å². The minimum atomic E-state index is 0.170. The number of benzene rings is 3. The molecule has 0 heterocycles. The first-order chi connectivity index (χ1) is 14.6. The first-order valence-corrected chi connectivity index (χ1v) is 10.9. The lowest BCUT2D eigenvalue weighted by atomic mass is 9.88. The van der Waals surface area contributed by atoms with Crippen molar-refractivity contribution in [3.63, 3.8) is 0 Å². The van der Waals surface area contributed by atoms with Crippen LogP contribution in [0.2, 0.25) is 5.02 Å². The Morgan fingerprint density at radius 1 is 0.900 bits per heavy atom. The first-order valence-electron chi connectivity index (χ1n) is 10.5. The van der Waals surface area contributed by atoms with Gasteiger partial charge in [0.15, 0.2) is 0 Å². The van der Waals surface area contributed by atoms with Crippen molar-refractivity contribution in [2.24, 2.45) is 0 Å². The van der Waals surface area contributed by atoms with Crippen LogP contribution in [-0.2, 0) is 6.54 Å². The normalized spacial score (nSPS) is 12.0. The largest absolute Gasteiger partial charge is 0.496 e. The van der Waals surface area contributed by atoms with Gasteiger partial charge in [-0.25, -0.2) is 0 Å². The Hall–Kier alpha value is -2.49. The molecule has 3 nitrogen and oxygen atoms in total. The van der Waals surface area contributed by atoms with Gasteiger partial charge in [-0.05, 0) is 49.7 Å². The van der Waals surface area contributed by atoms with E-state index in [1.54, 1.807) is 7.11 Å². The molecular weight excluding hydrogens is 394 g/mol. The Bertz CT molecular complexity index is 907. The summed E-state index contributed by atoms with van der Waals surface area (Å²) in [6, 6.07) is 24.9. The van der Waals surface area contributed by atoms with E-state index < -0.39 is 0 Å². The van der Waals surface area contributed by atoms with Gasteiger partial charge in [-0.1, -0.05) is 54.1 Å². The van der Waals surface area contributed by atoms with Gasteiger partial charge in [0.2, 0.25) is 0 Å². The third kappa shape index (κ3) is 6.25. The number of halogens is 1. The molecular formula is C26H31ClNO2+. The summed E-state index contributed by atoms with van der Waals surface area (Å²) in [6.45, 7) is 6.04. The molecule has 3 rings (SSSR count). The van der Waals surface area contributed by atoms with Crippen LogP contribution >= 0.6 is 11.6 Å². The zero-order chi connectivity index (χ0) is 21.3. The molecule has 0 amide bonds. The topological polar surface area (TPSA) is 35.1 Å². The molecule has 0 saturated heterocycles. The van der Waals surface area contributed by atoms with E-state index in [2.05, 4.69) is 53.8 Å². The van der Waals surface area contributed by atoms with Crippen molar-refractivity contribution in [3.8, 4) is 11.5 Å². The number of quaternary nitrogens is 1. The summed E-state index contributed by atoms with van der Waals surface area (Å²) >= 11 is 5.99. The maximum atomic E-state index is 5.99. The second-order valence-electron chi connectivity index (χ2n) is 7.73. The fraction of sp³-hybridized carbons (Fsp3) is 0.308. The zero-order valence-electron chi connectivity index (χ0n) is 18.0. The summed E-state index contributed by atoms with van der Waals surface area (Å²) in [5.74, 6) is 2.10. The number of ether oxygens (including phenoxy) is 2. The number of para-hydroxylation sites is 1. The predicted octanol–water partition coefficient (Wildman–Crippen LogP) is 5.42. The minimum Gasteiger partial charge on any atom is -0.496 e. The number of nitrogens with two attached hydrogens (primary N) is 1. The second kappa shape index (κ2) is 11.1. The van der Waals surface area contributed by atoms with E-state index >= 15 is 0 Å². The van der Waals surface area contributed by atoms with Gasteiger partial charge in [0, 0.05) is 28.5 Å². The number of rotatable bonds is 10. The third-order valence-corrected chi connectivity index (χ3v) is 5.37. The number of methoxy groups -OCH3 is 1. The molecule has 0 fully saturated rings. The molecule has 0 saturated carbocycles. The van der Waals surface area contributed by atoms with Crippen molar-refractivity contribution < 1.29 is 14.8 Å². The molecule has 4 heteroatoms. The summed E-state index contributed by atoms with van der Waals surface area (Å²) in [5.41, 5.74) is 3.77. The Kier molecular flexibility index (Phi) is 8.18. The maximum absolute atomic E-state index is 5.99. The van der Waals surface area contributed by atoms with Gasteiger partial charge < -0.3 is 14.8 Å². The van der Waals surface area contributed by atoms with Crippen molar-refractivity contribution in [1.82, 2.24) is 0 Å². The summed E-state index contributed by atoms with van der Waals surface area (Å²) in [7, 11) is 1.74. The van der Waals surface area contributed by atoms with Crippen molar-refractivity contribution in [2.75, 3.05) is 13.7 Å². The Labute approximate surface area is 185 Å². The number of hydrogen-bond donors (Lipinski definition) is 1. The van der Waals surface area contributed by atoms with E-state index in [9.17, 15) is 0 Å². The van der Waals surface area contributed by atoms with Crippen LogP contribution in [0.15, 0.2) is 72.8 Å². The fourth-order valence-corrected chi connectivity index (χ4v) is 3.81. The highest BCUT2D eigenvalue weighted by Gasteiger charge is 2.19. The van der Waals surface area contributed by atoms with Gasteiger partial charge in [-0.15, -0.1) is 0 Å². The molecule has 158 valence electrons. The molecule has 30 heavy (non-hydrogen) atoms. The van der Waals surface area contributed by atoms with E-state index in [0.717, 1.165) is 36.0 Å². The summed E-state index contributed by atoms with van der Waals surface area (Å²) in [6.07, 6.45) is 1.18. The van der Waals surface area contributed by atoms with Crippen LogP contribution in [0, 0.1) is 0 Å². The quantitative estimate of drug-likeness (QED) is 0.441. The molecule has 0 spiro atoms. The highest BCUT2D eigenvalue weighted by molar-refractivity contribution is 6.30. The summed E-state index contributed by atoms with van der Waals surface area (Å²) < 4.78 is 11.5. The maximum Gasteiger partial charge on any atom is 0.122 e. The van der Waals surface area contributed by atoms with E-state index in [4.69, 9.17) is 21.1 Å². The smallest absolute Gasteiger partial charge is 0.122 e. The monoisotopic (exact) mass is 424 g/mol. The SMILES string of the molecule is COc1ccccc1[C@H](CC[NH2+]Cc1ccc(Cl)cc1)c1ccc(OC(C)C)cc1. The van der Waals surface area contributed by atoms with Crippen LogP contribution in [0.5, 0.6) is 11.5 Å². The van der Waals surface area contributed by atoms with E-state index in [-0.39, 0.29) is 12.0 Å². The second-order valence-corrected chi connectivity index (χ2v) is 8.16. The van der Waals surface area contributed by atoms with E-state index in [1.165, 1.54) is 16.7 Å². The lowest BCUT2D eigenvalue weighted by Crippen LogP contribution is -2.82. The van der Waals surface area contributed by atoms with Gasteiger partial charge >= 0.3 is 0 Å². The van der Waals surface area contributed by atoms with E-state index in [0.29, 0.717) is 0 Å². The summed E-state index contributed by atoms with van der Waals surface area (Å²) in [5, 5.41) is 3.13. The van der Waals surface area contributed by atoms with Gasteiger partial charge in [0.05, 0.1) is 19.8 Å². The minimum absolute atomic E-state index is 0.170. The molecule has 0 aliphatic heterocycles. The van der Waals surface area contributed by atoms with Crippen molar-refractivity contribution in [3.05, 3.63) is 94.5 Å². The average Bonchev–Trinajstić information content (AvgIpc) is 2.75. The van der Waals surface area contributed by atoms with E-state index in [1.807, 2.05) is 38.1 Å². The van der Waals surface area contributed by atoms with Crippen LogP contribution in [0.4, 0.5) is 0 Å². The van der Waals surface area contributed by atoms with Crippen molar-refractivity contribution >= 4 is 11.6 Å². The molecule has 0 aromatic heterocycles. The molecule has 0 aliphatic carbocycles. The molecule has 2 N–H and O–H groups in total. The van der Waals surface area contributed by atoms with Crippen LogP contribution in [0.3, 0.4) is 0 Å². The molecule has 1 atom stereocenters. The standard InChI is InChI=1S/C26H30ClNO2/c1-19(2)30-23-14-10-21(11-15-23)24(25-6-4-5-7-26(25)29-3)16-17-28-18-20-8-12-22(27)13-9-20/h4-15,19,24,28H,16-18H2,1-3H3/p+1/t24-/m1/s1. The van der Waals surface area contributed by atoms with Crippen LogP contribution in [-0.4, -0.2) is 19.8 Å². The lowest BCUT2D eigenvalue weighted by Gasteiger charge is -2.20. The summed E-state index contributed by atoms with van der Waals surface area (Å²) in [4.78, 5) is 0. The van der Waals surface area contributed by atoms with Gasteiger partial charge in [0.1, 0.15) is 18.0 Å². The predicted molar refractivity (Wildman–Crippen MR) is 124 cm³/mol. The van der Waals surface area contributed by atoms with Crippen LogP contribution in [0.25, 0.3) is 0 Å². The Morgan fingerprint density at radius 3 is 2.27 bits per heavy atom. The first kappa shape index (κ1) is 22.2. The average molecular weight is 425 g/mol. The van der Waals surface area contributed by atoms with Crippen LogP contribution < -0.4 is 14.8 Å². The third-order valence-electron chi connectivity index (χ3n) is 5.12.